The molecule has 3 heteroatoms. The molecule has 0 aliphatic rings. The van der Waals surface area contributed by atoms with Crippen molar-refractivity contribution in [3.63, 3.8) is 0 Å². The summed E-state index contributed by atoms with van der Waals surface area (Å²) in [5.41, 5.74) is 6.86. The van der Waals surface area contributed by atoms with Gasteiger partial charge in [-0.1, -0.05) is 58.0 Å². The van der Waals surface area contributed by atoms with Gasteiger partial charge in [0.1, 0.15) is 0 Å². The summed E-state index contributed by atoms with van der Waals surface area (Å²) in [4.78, 5) is 12.1. The maximum absolute atomic E-state index is 12.1. The summed E-state index contributed by atoms with van der Waals surface area (Å²) in [6.07, 6.45) is 0.854. The zero-order valence-corrected chi connectivity index (χ0v) is 11.7. The maximum atomic E-state index is 12.1. The molecule has 1 rings (SSSR count). The Labute approximate surface area is 110 Å². The summed E-state index contributed by atoms with van der Waals surface area (Å²) < 4.78 is 0. The van der Waals surface area contributed by atoms with Crippen LogP contribution in [0, 0.1) is 5.41 Å². The van der Waals surface area contributed by atoms with Crippen LogP contribution in [0.3, 0.4) is 0 Å². The minimum atomic E-state index is -0.490. The number of benzene rings is 1. The Hall–Kier alpha value is -1.35. The summed E-state index contributed by atoms with van der Waals surface area (Å²) in [5.74, 6) is -0.0850. The van der Waals surface area contributed by atoms with Crippen LogP contribution in [0.2, 0.25) is 0 Å². The highest BCUT2D eigenvalue weighted by Crippen LogP contribution is 2.20. The molecule has 0 heterocycles. The van der Waals surface area contributed by atoms with E-state index in [9.17, 15) is 4.79 Å². The standard InChI is InChI=1S/C15H24N2O/c1-5-12(11-9-7-6-8-10-11)17-14(18)13(16)15(2,3)4/h6-10,12-13H,5,16H2,1-4H3,(H,17,18). The van der Waals surface area contributed by atoms with Crippen LogP contribution in [-0.4, -0.2) is 11.9 Å². The van der Waals surface area contributed by atoms with Gasteiger partial charge in [0.05, 0.1) is 12.1 Å². The van der Waals surface area contributed by atoms with E-state index in [1.165, 1.54) is 0 Å². The van der Waals surface area contributed by atoms with Crippen molar-refractivity contribution in [2.75, 3.05) is 0 Å². The second-order valence-electron chi connectivity index (χ2n) is 5.72. The number of hydrogen-bond donors (Lipinski definition) is 2. The van der Waals surface area contributed by atoms with Gasteiger partial charge in [0.25, 0.3) is 0 Å². The van der Waals surface area contributed by atoms with E-state index in [-0.39, 0.29) is 17.4 Å². The van der Waals surface area contributed by atoms with Crippen molar-refractivity contribution in [3.8, 4) is 0 Å². The highest BCUT2D eigenvalue weighted by molar-refractivity contribution is 5.82. The fourth-order valence-corrected chi connectivity index (χ4v) is 1.76. The van der Waals surface area contributed by atoms with E-state index in [0.29, 0.717) is 0 Å². The van der Waals surface area contributed by atoms with E-state index >= 15 is 0 Å². The van der Waals surface area contributed by atoms with E-state index in [1.54, 1.807) is 0 Å². The number of amides is 1. The Bertz CT molecular complexity index is 381. The second-order valence-corrected chi connectivity index (χ2v) is 5.72. The SMILES string of the molecule is CCC(NC(=O)C(N)C(C)(C)C)c1ccccc1. The minimum Gasteiger partial charge on any atom is -0.348 e. The molecule has 18 heavy (non-hydrogen) atoms. The van der Waals surface area contributed by atoms with Gasteiger partial charge in [0, 0.05) is 0 Å². The molecule has 2 atom stereocenters. The molecule has 100 valence electrons. The molecular weight excluding hydrogens is 224 g/mol. The van der Waals surface area contributed by atoms with Crippen molar-refractivity contribution < 1.29 is 4.79 Å². The molecular formula is C15H24N2O. The Balaban J connectivity index is 2.73. The molecule has 0 aromatic heterocycles. The Morgan fingerprint density at radius 1 is 1.28 bits per heavy atom. The number of carbonyl (C=O) groups excluding carboxylic acids is 1. The van der Waals surface area contributed by atoms with E-state index < -0.39 is 6.04 Å². The number of nitrogens with two attached hydrogens (primary N) is 1. The first-order valence-electron chi connectivity index (χ1n) is 6.47. The van der Waals surface area contributed by atoms with E-state index in [2.05, 4.69) is 12.2 Å². The number of nitrogens with one attached hydrogen (secondary N) is 1. The molecule has 0 spiro atoms. The van der Waals surface area contributed by atoms with E-state index in [1.807, 2.05) is 51.1 Å². The molecule has 0 saturated carbocycles. The third-order valence-electron chi connectivity index (χ3n) is 3.14. The van der Waals surface area contributed by atoms with Crippen LogP contribution >= 0.6 is 0 Å². The van der Waals surface area contributed by atoms with Crippen LogP contribution in [0.1, 0.15) is 45.7 Å². The van der Waals surface area contributed by atoms with Crippen molar-refractivity contribution in [1.82, 2.24) is 5.32 Å². The van der Waals surface area contributed by atoms with Crippen molar-refractivity contribution in [2.45, 2.75) is 46.2 Å². The zero-order valence-electron chi connectivity index (χ0n) is 11.7. The minimum absolute atomic E-state index is 0.0344. The number of rotatable bonds is 4. The van der Waals surface area contributed by atoms with Gasteiger partial charge in [-0.15, -0.1) is 0 Å². The molecule has 3 N–H and O–H groups in total. The molecule has 0 saturated heterocycles. The first kappa shape index (κ1) is 14.7. The van der Waals surface area contributed by atoms with Crippen LogP contribution in [0.5, 0.6) is 0 Å². The number of carbonyl (C=O) groups is 1. The third-order valence-corrected chi connectivity index (χ3v) is 3.14. The van der Waals surface area contributed by atoms with Crippen molar-refractivity contribution in [3.05, 3.63) is 35.9 Å². The topological polar surface area (TPSA) is 55.1 Å². The van der Waals surface area contributed by atoms with E-state index in [4.69, 9.17) is 5.73 Å². The van der Waals surface area contributed by atoms with Gasteiger partial charge in [-0.25, -0.2) is 0 Å². The monoisotopic (exact) mass is 248 g/mol. The lowest BCUT2D eigenvalue weighted by Gasteiger charge is -2.28. The first-order valence-corrected chi connectivity index (χ1v) is 6.47. The third kappa shape index (κ3) is 3.84. The smallest absolute Gasteiger partial charge is 0.237 e. The van der Waals surface area contributed by atoms with Gasteiger partial charge in [-0.3, -0.25) is 4.79 Å². The fraction of sp³-hybridized carbons (Fsp3) is 0.533. The van der Waals surface area contributed by atoms with Crippen molar-refractivity contribution in [2.24, 2.45) is 11.1 Å². The van der Waals surface area contributed by atoms with Crippen molar-refractivity contribution >= 4 is 5.91 Å². The van der Waals surface area contributed by atoms with Gasteiger partial charge < -0.3 is 11.1 Å². The van der Waals surface area contributed by atoms with Crippen LogP contribution in [0.4, 0.5) is 0 Å². The van der Waals surface area contributed by atoms with Crippen LogP contribution in [-0.2, 0) is 4.79 Å². The van der Waals surface area contributed by atoms with Crippen LogP contribution in [0.15, 0.2) is 30.3 Å². The molecule has 1 aromatic rings. The highest BCUT2D eigenvalue weighted by atomic mass is 16.2. The van der Waals surface area contributed by atoms with Gasteiger partial charge in [-0.05, 0) is 17.4 Å². The average molecular weight is 248 g/mol. The highest BCUT2D eigenvalue weighted by Gasteiger charge is 2.28. The fourth-order valence-electron chi connectivity index (χ4n) is 1.76. The molecule has 0 fully saturated rings. The summed E-state index contributed by atoms with van der Waals surface area (Å²) in [6, 6.07) is 9.52. The molecule has 0 bridgehead atoms. The predicted octanol–water partition coefficient (Wildman–Crippen LogP) is 2.63. The molecule has 3 nitrogen and oxygen atoms in total. The lowest BCUT2D eigenvalue weighted by atomic mass is 9.86. The van der Waals surface area contributed by atoms with Gasteiger partial charge in [0.15, 0.2) is 0 Å². The van der Waals surface area contributed by atoms with E-state index in [0.717, 1.165) is 12.0 Å². The predicted molar refractivity (Wildman–Crippen MR) is 75.0 cm³/mol. The summed E-state index contributed by atoms with van der Waals surface area (Å²) in [7, 11) is 0. The molecule has 1 amide bonds. The lowest BCUT2D eigenvalue weighted by Crippen LogP contribution is -2.49. The quantitative estimate of drug-likeness (QED) is 0.860. The van der Waals surface area contributed by atoms with Crippen LogP contribution in [0.25, 0.3) is 0 Å². The van der Waals surface area contributed by atoms with Crippen LogP contribution < -0.4 is 11.1 Å². The molecule has 1 aromatic carbocycles. The number of hydrogen-bond acceptors (Lipinski definition) is 2. The average Bonchev–Trinajstić information content (AvgIpc) is 2.34. The van der Waals surface area contributed by atoms with Gasteiger partial charge >= 0.3 is 0 Å². The molecule has 0 aliphatic carbocycles. The van der Waals surface area contributed by atoms with Gasteiger partial charge in [0.2, 0.25) is 5.91 Å². The zero-order chi connectivity index (χ0) is 13.8. The second kappa shape index (κ2) is 6.01. The normalized spacial score (nSPS) is 14.9. The maximum Gasteiger partial charge on any atom is 0.237 e. The summed E-state index contributed by atoms with van der Waals surface area (Å²) in [5, 5.41) is 3.03. The molecule has 0 aliphatic heterocycles. The largest absolute Gasteiger partial charge is 0.348 e. The van der Waals surface area contributed by atoms with Gasteiger partial charge in [-0.2, -0.15) is 0 Å². The lowest BCUT2D eigenvalue weighted by molar-refractivity contribution is -0.125. The first-order chi connectivity index (χ1) is 8.36. The molecule has 2 unspecified atom stereocenters. The van der Waals surface area contributed by atoms with Crippen molar-refractivity contribution in [1.29, 1.82) is 0 Å². The Morgan fingerprint density at radius 2 is 1.83 bits per heavy atom. The Morgan fingerprint density at radius 3 is 2.28 bits per heavy atom. The summed E-state index contributed by atoms with van der Waals surface area (Å²) >= 11 is 0. The molecule has 0 radical (unpaired) electrons. The summed E-state index contributed by atoms with van der Waals surface area (Å²) in [6.45, 7) is 7.97. The Kier molecular flexibility index (Phi) is 4.91.